The summed E-state index contributed by atoms with van der Waals surface area (Å²) in [6.07, 6.45) is 0. The Morgan fingerprint density at radius 3 is 1.17 bits per heavy atom. The highest BCUT2D eigenvalue weighted by Crippen LogP contribution is 2.54. The largest absolute Gasteiger partial charge is 0.308 e. The molecule has 2 aliphatic rings. The summed E-state index contributed by atoms with van der Waals surface area (Å²) >= 11 is 0. The lowest BCUT2D eigenvalue weighted by Gasteiger charge is -2.32. The molecule has 7 aromatic carbocycles. The number of nitrogens with zero attached hydrogens (tertiary/aromatic N) is 3. The first-order valence-electron chi connectivity index (χ1n) is 20.6. The van der Waals surface area contributed by atoms with Crippen LogP contribution in [0.5, 0.6) is 0 Å². The number of para-hydroxylation sites is 2. The van der Waals surface area contributed by atoms with Gasteiger partial charge in [0.15, 0.2) is 0 Å². The van der Waals surface area contributed by atoms with Crippen LogP contribution in [0.1, 0.15) is 66.6 Å². The minimum Gasteiger partial charge on any atom is -0.308 e. The second kappa shape index (κ2) is 13.5. The van der Waals surface area contributed by atoms with E-state index >= 15 is 0 Å². The molecule has 0 amide bonds. The molecule has 58 heavy (non-hydrogen) atoms. The third-order valence-corrected chi connectivity index (χ3v) is 13.0. The molecule has 0 N–H and O–H groups in total. The van der Waals surface area contributed by atoms with Crippen LogP contribution in [0, 0.1) is 13.8 Å². The smallest absolute Gasteiger partial charge is 0.122 e. The predicted octanol–water partition coefficient (Wildman–Crippen LogP) is 14.7. The Kier molecular flexibility index (Phi) is 8.35. The van der Waals surface area contributed by atoms with Gasteiger partial charge in [-0.2, -0.15) is 0 Å². The first-order valence-corrected chi connectivity index (χ1v) is 20.6. The Morgan fingerprint density at radius 2 is 0.741 bits per heavy atom. The van der Waals surface area contributed by atoms with E-state index < -0.39 is 0 Å². The van der Waals surface area contributed by atoms with Crippen molar-refractivity contribution in [3.63, 3.8) is 0 Å². The summed E-state index contributed by atoms with van der Waals surface area (Å²) in [5.74, 6) is 2.32. The normalized spacial score (nSPS) is 14.0. The SMILES string of the molecule is Cc1c(C)c(N(c2ccccc2)c2ccc3c(c2)C(C)(C)c2ccccc2-3)n(Cc2ccccc2)c1N(c1ccccc1)c1ccc2c(c1)C(C)(C)c1ccccc1-2. The fraction of sp³-hybridized carbons (Fsp3) is 0.164. The lowest BCUT2D eigenvalue weighted by atomic mass is 9.82. The molecule has 0 bridgehead atoms. The molecule has 0 atom stereocenters. The monoisotopic (exact) mass is 751 g/mol. The van der Waals surface area contributed by atoms with E-state index in [4.69, 9.17) is 0 Å². The summed E-state index contributed by atoms with van der Waals surface area (Å²) < 4.78 is 2.57. The van der Waals surface area contributed by atoms with Gasteiger partial charge in [-0.3, -0.25) is 9.80 Å². The topological polar surface area (TPSA) is 11.4 Å². The molecule has 2 aliphatic carbocycles. The van der Waals surface area contributed by atoms with E-state index in [-0.39, 0.29) is 10.8 Å². The molecule has 0 saturated carbocycles. The van der Waals surface area contributed by atoms with Gasteiger partial charge in [0, 0.05) is 33.6 Å². The molecule has 1 aromatic heterocycles. The van der Waals surface area contributed by atoms with Crippen LogP contribution in [0.2, 0.25) is 0 Å². The standard InChI is InChI=1S/C55H49N3/c1-37-38(2)53(58(41-24-14-9-15-25-41)43-31-33-47-45-27-17-19-29-49(45)55(5,6)51(47)35-43)56(36-39-20-10-7-11-21-39)52(37)57(40-22-12-8-13-23-40)42-30-32-46-44-26-16-18-28-48(44)54(3,4)50(46)34-42/h7-35H,36H2,1-6H3. The zero-order valence-corrected chi connectivity index (χ0v) is 34.3. The molecule has 0 radical (unpaired) electrons. The van der Waals surface area contributed by atoms with Gasteiger partial charge in [0.05, 0.1) is 6.54 Å². The number of anilines is 6. The second-order valence-electron chi connectivity index (χ2n) is 17.1. The van der Waals surface area contributed by atoms with Crippen molar-refractivity contribution in [1.29, 1.82) is 0 Å². The van der Waals surface area contributed by atoms with Crippen molar-refractivity contribution in [2.45, 2.75) is 58.9 Å². The van der Waals surface area contributed by atoms with E-state index in [2.05, 4.69) is 232 Å². The van der Waals surface area contributed by atoms with Crippen LogP contribution in [0.15, 0.2) is 176 Å². The fourth-order valence-electron chi connectivity index (χ4n) is 9.94. The number of fused-ring (bicyclic) bond motifs is 6. The third-order valence-electron chi connectivity index (χ3n) is 13.0. The average molecular weight is 752 g/mol. The Bertz CT molecular complexity index is 2650. The lowest BCUT2D eigenvalue weighted by Crippen LogP contribution is -2.21. The van der Waals surface area contributed by atoms with Crippen molar-refractivity contribution in [1.82, 2.24) is 4.57 Å². The molecule has 10 rings (SSSR count). The van der Waals surface area contributed by atoms with Gasteiger partial charge >= 0.3 is 0 Å². The minimum atomic E-state index is -0.127. The van der Waals surface area contributed by atoms with Crippen LogP contribution >= 0.6 is 0 Å². The van der Waals surface area contributed by atoms with E-state index in [0.29, 0.717) is 6.54 Å². The summed E-state index contributed by atoms with van der Waals surface area (Å²) in [4.78, 5) is 5.00. The van der Waals surface area contributed by atoms with Gasteiger partial charge in [-0.1, -0.05) is 155 Å². The Hall–Kier alpha value is -6.58. The molecule has 0 fully saturated rings. The van der Waals surface area contributed by atoms with E-state index in [0.717, 1.165) is 34.4 Å². The molecule has 8 aromatic rings. The first kappa shape index (κ1) is 35.8. The van der Waals surface area contributed by atoms with Crippen LogP contribution < -0.4 is 9.80 Å². The zero-order chi connectivity index (χ0) is 39.8. The van der Waals surface area contributed by atoms with Crippen molar-refractivity contribution < 1.29 is 0 Å². The first-order chi connectivity index (χ1) is 28.1. The van der Waals surface area contributed by atoms with E-state index in [1.165, 1.54) is 61.2 Å². The Labute approximate surface area is 343 Å². The summed E-state index contributed by atoms with van der Waals surface area (Å²) in [5.41, 5.74) is 18.8. The lowest BCUT2D eigenvalue weighted by molar-refractivity contribution is 0.660. The highest BCUT2D eigenvalue weighted by Gasteiger charge is 2.38. The van der Waals surface area contributed by atoms with Crippen LogP contribution in [-0.2, 0) is 17.4 Å². The molecule has 0 saturated heterocycles. The summed E-state index contributed by atoms with van der Waals surface area (Å²) in [5, 5.41) is 0. The summed E-state index contributed by atoms with van der Waals surface area (Å²) in [7, 11) is 0. The Morgan fingerprint density at radius 1 is 0.379 bits per heavy atom. The van der Waals surface area contributed by atoms with E-state index in [9.17, 15) is 0 Å². The number of hydrogen-bond acceptors (Lipinski definition) is 2. The van der Waals surface area contributed by atoms with Gasteiger partial charge < -0.3 is 4.57 Å². The van der Waals surface area contributed by atoms with Crippen LogP contribution in [0.4, 0.5) is 34.4 Å². The molecule has 0 unspecified atom stereocenters. The zero-order valence-electron chi connectivity index (χ0n) is 34.3. The van der Waals surface area contributed by atoms with E-state index in [1.807, 2.05) is 0 Å². The average Bonchev–Trinajstić information content (AvgIpc) is 3.73. The molecule has 1 heterocycles. The number of hydrogen-bond donors (Lipinski definition) is 0. The van der Waals surface area contributed by atoms with Gasteiger partial charge in [-0.05, 0) is 124 Å². The maximum Gasteiger partial charge on any atom is 0.122 e. The van der Waals surface area contributed by atoms with Gasteiger partial charge in [-0.25, -0.2) is 0 Å². The van der Waals surface area contributed by atoms with Gasteiger partial charge in [0.25, 0.3) is 0 Å². The van der Waals surface area contributed by atoms with Gasteiger partial charge in [0.1, 0.15) is 11.6 Å². The summed E-state index contributed by atoms with van der Waals surface area (Å²) in [6.45, 7) is 14.8. The molecule has 0 aliphatic heterocycles. The maximum atomic E-state index is 2.57. The summed E-state index contributed by atoms with van der Waals surface area (Å²) in [6, 6.07) is 64.8. The third kappa shape index (κ3) is 5.48. The highest BCUT2D eigenvalue weighted by molar-refractivity contribution is 5.90. The second-order valence-corrected chi connectivity index (χ2v) is 17.1. The van der Waals surface area contributed by atoms with Crippen LogP contribution in [0.25, 0.3) is 22.3 Å². The van der Waals surface area contributed by atoms with Crippen molar-refractivity contribution in [3.05, 3.63) is 215 Å². The van der Waals surface area contributed by atoms with Crippen molar-refractivity contribution >= 4 is 34.4 Å². The predicted molar refractivity (Wildman–Crippen MR) is 244 cm³/mol. The Balaban J connectivity index is 1.23. The van der Waals surface area contributed by atoms with Crippen molar-refractivity contribution in [2.75, 3.05) is 9.80 Å². The maximum absolute atomic E-state index is 2.57. The highest BCUT2D eigenvalue weighted by atomic mass is 15.3. The van der Waals surface area contributed by atoms with Gasteiger partial charge in [0.2, 0.25) is 0 Å². The number of rotatable bonds is 8. The fourth-order valence-corrected chi connectivity index (χ4v) is 9.94. The number of benzene rings is 7. The minimum absolute atomic E-state index is 0.127. The molecule has 3 nitrogen and oxygen atoms in total. The number of aromatic nitrogens is 1. The van der Waals surface area contributed by atoms with E-state index in [1.54, 1.807) is 0 Å². The quantitative estimate of drug-likeness (QED) is 0.153. The molecular formula is C55H49N3. The molecule has 3 heteroatoms. The van der Waals surface area contributed by atoms with Gasteiger partial charge in [-0.15, -0.1) is 0 Å². The van der Waals surface area contributed by atoms with Crippen molar-refractivity contribution in [3.8, 4) is 22.3 Å². The van der Waals surface area contributed by atoms with Crippen LogP contribution in [0.3, 0.4) is 0 Å². The molecular weight excluding hydrogens is 703 g/mol. The van der Waals surface area contributed by atoms with Crippen molar-refractivity contribution in [2.24, 2.45) is 0 Å². The molecule has 284 valence electrons. The molecule has 0 spiro atoms. The van der Waals surface area contributed by atoms with Crippen LogP contribution in [-0.4, -0.2) is 4.57 Å².